The number of nitrogens with zero attached hydrogens (tertiary/aromatic N) is 2. The van der Waals surface area contributed by atoms with Crippen molar-refractivity contribution in [2.45, 2.75) is 6.42 Å². The molecule has 130 valence electrons. The molecule has 0 aromatic heterocycles. The average molecular weight is 361 g/mol. The molecule has 1 amide bonds. The molecule has 2 aromatic rings. The molecule has 0 radical (unpaired) electrons. The predicted octanol–water partition coefficient (Wildman–Crippen LogP) is 2.49. The van der Waals surface area contributed by atoms with Gasteiger partial charge in [0.2, 0.25) is 15.9 Å². The van der Waals surface area contributed by atoms with Crippen molar-refractivity contribution in [3.05, 3.63) is 59.9 Å². The molecule has 2 rings (SSSR count). The van der Waals surface area contributed by atoms with Crippen LogP contribution >= 0.6 is 0 Å². The summed E-state index contributed by atoms with van der Waals surface area (Å²) >= 11 is 0. The zero-order valence-electron chi connectivity index (χ0n) is 13.4. The fourth-order valence-electron chi connectivity index (χ4n) is 2.18. The van der Waals surface area contributed by atoms with E-state index in [2.05, 4.69) is 5.32 Å². The summed E-state index contributed by atoms with van der Waals surface area (Å²) in [6.45, 7) is -0.0775. The zero-order chi connectivity index (χ0) is 18.4. The number of halogens is 1. The van der Waals surface area contributed by atoms with Crippen molar-refractivity contribution in [2.24, 2.45) is 0 Å². The maximum atomic E-state index is 13.1. The molecule has 0 spiro atoms. The first-order chi connectivity index (χ1) is 11.8. The van der Waals surface area contributed by atoms with Crippen LogP contribution in [-0.2, 0) is 14.8 Å². The second-order valence-electron chi connectivity index (χ2n) is 5.30. The zero-order valence-corrected chi connectivity index (χ0v) is 14.3. The normalized spacial score (nSPS) is 10.8. The number of sulfonamides is 1. The van der Waals surface area contributed by atoms with Crippen LogP contribution in [0.25, 0.3) is 0 Å². The lowest BCUT2D eigenvalue weighted by Crippen LogP contribution is -2.33. The maximum absolute atomic E-state index is 13.1. The molecule has 0 fully saturated rings. The van der Waals surface area contributed by atoms with Gasteiger partial charge in [-0.2, -0.15) is 5.26 Å². The van der Waals surface area contributed by atoms with Gasteiger partial charge in [0.25, 0.3) is 0 Å². The van der Waals surface area contributed by atoms with Crippen molar-refractivity contribution >= 4 is 27.3 Å². The SMILES string of the molecule is CS(=O)(=O)N(CCC(=O)Nc1cccc(F)c1)c1ccc(C#N)cc1. The average Bonchev–Trinajstić information content (AvgIpc) is 2.54. The molecule has 0 saturated carbocycles. The van der Waals surface area contributed by atoms with E-state index in [-0.39, 0.29) is 13.0 Å². The molecular weight excluding hydrogens is 345 g/mol. The molecule has 1 N–H and O–H groups in total. The Bertz CT molecular complexity index is 905. The number of benzene rings is 2. The van der Waals surface area contributed by atoms with Gasteiger partial charge >= 0.3 is 0 Å². The minimum atomic E-state index is -3.60. The molecule has 6 nitrogen and oxygen atoms in total. The number of nitrogens with one attached hydrogen (secondary N) is 1. The van der Waals surface area contributed by atoms with Crippen LogP contribution in [0.1, 0.15) is 12.0 Å². The Labute approximate surface area is 145 Å². The summed E-state index contributed by atoms with van der Waals surface area (Å²) in [5.74, 6) is -0.916. The maximum Gasteiger partial charge on any atom is 0.232 e. The molecule has 0 aliphatic rings. The highest BCUT2D eigenvalue weighted by atomic mass is 32.2. The summed E-state index contributed by atoms with van der Waals surface area (Å²) in [7, 11) is -3.60. The number of amides is 1. The van der Waals surface area contributed by atoms with Crippen LogP contribution in [0, 0.1) is 17.1 Å². The Morgan fingerprint density at radius 1 is 1.24 bits per heavy atom. The van der Waals surface area contributed by atoms with E-state index < -0.39 is 21.7 Å². The van der Waals surface area contributed by atoms with Crippen molar-refractivity contribution in [1.82, 2.24) is 0 Å². The molecule has 0 bridgehead atoms. The lowest BCUT2D eigenvalue weighted by Gasteiger charge is -2.22. The molecule has 8 heteroatoms. The monoisotopic (exact) mass is 361 g/mol. The third-order valence-electron chi connectivity index (χ3n) is 3.34. The Morgan fingerprint density at radius 2 is 1.92 bits per heavy atom. The highest BCUT2D eigenvalue weighted by Gasteiger charge is 2.18. The van der Waals surface area contributed by atoms with Gasteiger partial charge in [0.15, 0.2) is 0 Å². The van der Waals surface area contributed by atoms with Crippen LogP contribution < -0.4 is 9.62 Å². The summed E-state index contributed by atoms with van der Waals surface area (Å²) in [6.07, 6.45) is 0.930. The highest BCUT2D eigenvalue weighted by Crippen LogP contribution is 2.19. The molecule has 25 heavy (non-hydrogen) atoms. The Hall–Kier alpha value is -2.92. The molecule has 0 aliphatic heterocycles. The number of carbonyl (C=O) groups is 1. The predicted molar refractivity (Wildman–Crippen MR) is 93.0 cm³/mol. The van der Waals surface area contributed by atoms with Crippen LogP contribution in [0.4, 0.5) is 15.8 Å². The van der Waals surface area contributed by atoms with E-state index in [0.29, 0.717) is 16.9 Å². The van der Waals surface area contributed by atoms with Gasteiger partial charge in [-0.3, -0.25) is 9.10 Å². The van der Waals surface area contributed by atoms with Crippen molar-refractivity contribution < 1.29 is 17.6 Å². The van der Waals surface area contributed by atoms with Crippen molar-refractivity contribution in [3.8, 4) is 6.07 Å². The summed E-state index contributed by atoms with van der Waals surface area (Å²) in [4.78, 5) is 12.0. The van der Waals surface area contributed by atoms with Crippen LogP contribution in [0.5, 0.6) is 0 Å². The number of hydrogen-bond donors (Lipinski definition) is 1. The van der Waals surface area contributed by atoms with E-state index in [1.807, 2.05) is 6.07 Å². The second-order valence-corrected chi connectivity index (χ2v) is 7.21. The van der Waals surface area contributed by atoms with Gasteiger partial charge in [-0.1, -0.05) is 6.07 Å². The van der Waals surface area contributed by atoms with Gasteiger partial charge in [0.1, 0.15) is 5.82 Å². The fourth-order valence-corrected chi connectivity index (χ4v) is 3.11. The van der Waals surface area contributed by atoms with E-state index in [0.717, 1.165) is 10.6 Å². The fraction of sp³-hybridized carbons (Fsp3) is 0.176. The smallest absolute Gasteiger partial charge is 0.232 e. The van der Waals surface area contributed by atoms with Gasteiger partial charge in [-0.25, -0.2) is 12.8 Å². The Kier molecular flexibility index (Phi) is 5.72. The van der Waals surface area contributed by atoms with Crippen LogP contribution in [0.15, 0.2) is 48.5 Å². The molecule has 0 heterocycles. The topological polar surface area (TPSA) is 90.3 Å². The van der Waals surface area contributed by atoms with Crippen molar-refractivity contribution in [3.63, 3.8) is 0 Å². The minimum Gasteiger partial charge on any atom is -0.326 e. The second kappa shape index (κ2) is 7.77. The quantitative estimate of drug-likeness (QED) is 0.856. The first-order valence-electron chi connectivity index (χ1n) is 7.33. The van der Waals surface area contributed by atoms with Crippen LogP contribution in [0.2, 0.25) is 0 Å². The summed E-state index contributed by atoms with van der Waals surface area (Å²) in [5.41, 5.74) is 1.07. The van der Waals surface area contributed by atoms with Gasteiger partial charge in [0, 0.05) is 18.7 Å². The largest absolute Gasteiger partial charge is 0.326 e. The number of nitriles is 1. The van der Waals surface area contributed by atoms with E-state index in [1.54, 1.807) is 0 Å². The highest BCUT2D eigenvalue weighted by molar-refractivity contribution is 7.92. The summed E-state index contributed by atoms with van der Waals surface area (Å²) < 4.78 is 38.2. The number of hydrogen-bond acceptors (Lipinski definition) is 4. The molecule has 2 aromatic carbocycles. The lowest BCUT2D eigenvalue weighted by atomic mass is 10.2. The summed E-state index contributed by atoms with van der Waals surface area (Å²) in [6, 6.07) is 13.4. The standard InChI is InChI=1S/C17H16FN3O3S/c1-25(23,24)21(16-7-5-13(12-19)6-8-16)10-9-17(22)20-15-4-2-3-14(18)11-15/h2-8,11H,9-10H2,1H3,(H,20,22). The molecule has 0 saturated heterocycles. The summed E-state index contributed by atoms with van der Waals surface area (Å²) in [5, 5.41) is 11.3. The Balaban J connectivity index is 2.07. The van der Waals surface area contributed by atoms with E-state index >= 15 is 0 Å². The Morgan fingerprint density at radius 3 is 2.48 bits per heavy atom. The number of anilines is 2. The third kappa shape index (κ3) is 5.29. The van der Waals surface area contributed by atoms with Crippen LogP contribution in [-0.4, -0.2) is 27.1 Å². The van der Waals surface area contributed by atoms with Gasteiger partial charge < -0.3 is 5.32 Å². The van der Waals surface area contributed by atoms with Crippen molar-refractivity contribution in [2.75, 3.05) is 22.4 Å². The number of rotatable bonds is 6. The molecule has 0 atom stereocenters. The van der Waals surface area contributed by atoms with E-state index in [1.165, 1.54) is 48.5 Å². The van der Waals surface area contributed by atoms with Crippen LogP contribution in [0.3, 0.4) is 0 Å². The van der Waals surface area contributed by atoms with E-state index in [4.69, 9.17) is 5.26 Å². The first kappa shape index (κ1) is 18.4. The van der Waals surface area contributed by atoms with Gasteiger partial charge in [0.05, 0.1) is 23.6 Å². The number of carbonyl (C=O) groups excluding carboxylic acids is 1. The lowest BCUT2D eigenvalue weighted by molar-refractivity contribution is -0.116. The van der Waals surface area contributed by atoms with E-state index in [9.17, 15) is 17.6 Å². The van der Waals surface area contributed by atoms with Crippen molar-refractivity contribution in [1.29, 1.82) is 5.26 Å². The van der Waals surface area contributed by atoms with Gasteiger partial charge in [-0.15, -0.1) is 0 Å². The van der Waals surface area contributed by atoms with Gasteiger partial charge in [-0.05, 0) is 42.5 Å². The molecule has 0 aliphatic carbocycles. The molecular formula is C17H16FN3O3S. The molecule has 0 unspecified atom stereocenters. The third-order valence-corrected chi connectivity index (χ3v) is 4.53. The minimum absolute atomic E-state index is 0.0775. The first-order valence-corrected chi connectivity index (χ1v) is 9.18.